The summed E-state index contributed by atoms with van der Waals surface area (Å²) in [6, 6.07) is 3.85. The number of nitrogens with one attached hydrogen (secondary N) is 1. The van der Waals surface area contributed by atoms with E-state index in [1.165, 1.54) is 0 Å². The van der Waals surface area contributed by atoms with Crippen LogP contribution in [0.5, 0.6) is 0 Å². The van der Waals surface area contributed by atoms with Gasteiger partial charge in [-0.2, -0.15) is 5.26 Å². The Labute approximate surface area is 75.0 Å². The molecule has 2 rings (SSSR count). The van der Waals surface area contributed by atoms with Gasteiger partial charge in [0, 0.05) is 24.6 Å². The van der Waals surface area contributed by atoms with E-state index in [1.807, 2.05) is 12.1 Å². The minimum Gasteiger partial charge on any atom is -0.329 e. The van der Waals surface area contributed by atoms with E-state index in [9.17, 15) is 4.79 Å². The molecule has 4 heteroatoms. The SMILES string of the molecule is N#CC1(N)Cc2cc[nH]c(=O)c2C1. The third-order valence-corrected chi connectivity index (χ3v) is 2.38. The second kappa shape index (κ2) is 2.44. The van der Waals surface area contributed by atoms with Gasteiger partial charge in [0.2, 0.25) is 0 Å². The van der Waals surface area contributed by atoms with Crippen molar-refractivity contribution in [3.63, 3.8) is 0 Å². The van der Waals surface area contributed by atoms with Gasteiger partial charge in [-0.05, 0) is 11.6 Å². The number of nitriles is 1. The summed E-state index contributed by atoms with van der Waals surface area (Å²) >= 11 is 0. The van der Waals surface area contributed by atoms with E-state index in [4.69, 9.17) is 11.0 Å². The third-order valence-electron chi connectivity index (χ3n) is 2.38. The van der Waals surface area contributed by atoms with Gasteiger partial charge in [0.25, 0.3) is 5.56 Å². The van der Waals surface area contributed by atoms with Crippen LogP contribution in [0.1, 0.15) is 11.1 Å². The number of pyridine rings is 1. The molecule has 0 saturated carbocycles. The lowest BCUT2D eigenvalue weighted by atomic mass is 10.00. The molecule has 0 spiro atoms. The van der Waals surface area contributed by atoms with Crippen LogP contribution in [0.25, 0.3) is 0 Å². The molecular formula is C9H9N3O. The highest BCUT2D eigenvalue weighted by molar-refractivity contribution is 5.37. The molecule has 4 nitrogen and oxygen atoms in total. The van der Waals surface area contributed by atoms with Gasteiger partial charge in [0.05, 0.1) is 6.07 Å². The first-order valence-corrected chi connectivity index (χ1v) is 4.04. The Morgan fingerprint density at radius 1 is 1.62 bits per heavy atom. The van der Waals surface area contributed by atoms with Crippen LogP contribution >= 0.6 is 0 Å². The summed E-state index contributed by atoms with van der Waals surface area (Å²) < 4.78 is 0. The summed E-state index contributed by atoms with van der Waals surface area (Å²) in [5, 5.41) is 8.80. The normalized spacial score (nSPS) is 25.2. The number of H-pyrrole nitrogens is 1. The van der Waals surface area contributed by atoms with Gasteiger partial charge >= 0.3 is 0 Å². The van der Waals surface area contributed by atoms with Crippen LogP contribution in [0.4, 0.5) is 0 Å². The smallest absolute Gasteiger partial charge is 0.251 e. The van der Waals surface area contributed by atoms with Crippen molar-refractivity contribution in [3.05, 3.63) is 33.7 Å². The van der Waals surface area contributed by atoms with Crippen LogP contribution < -0.4 is 11.3 Å². The monoisotopic (exact) mass is 175 g/mol. The summed E-state index contributed by atoms with van der Waals surface area (Å²) in [4.78, 5) is 13.9. The summed E-state index contributed by atoms with van der Waals surface area (Å²) in [7, 11) is 0. The predicted molar refractivity (Wildman–Crippen MR) is 47.0 cm³/mol. The summed E-state index contributed by atoms with van der Waals surface area (Å²) in [5.74, 6) is 0. The van der Waals surface area contributed by atoms with E-state index in [2.05, 4.69) is 4.98 Å². The average Bonchev–Trinajstić information content (AvgIpc) is 2.45. The zero-order chi connectivity index (χ0) is 9.47. The number of aromatic nitrogens is 1. The number of aromatic amines is 1. The fraction of sp³-hybridized carbons (Fsp3) is 0.333. The molecule has 1 heterocycles. The highest BCUT2D eigenvalue weighted by Crippen LogP contribution is 2.24. The van der Waals surface area contributed by atoms with E-state index in [-0.39, 0.29) is 5.56 Å². The highest BCUT2D eigenvalue weighted by atomic mass is 16.1. The van der Waals surface area contributed by atoms with E-state index < -0.39 is 5.54 Å². The first kappa shape index (κ1) is 8.02. The van der Waals surface area contributed by atoms with Gasteiger partial charge in [-0.1, -0.05) is 0 Å². The molecule has 0 aliphatic heterocycles. The van der Waals surface area contributed by atoms with Gasteiger partial charge in [0.1, 0.15) is 5.54 Å². The lowest BCUT2D eigenvalue weighted by Crippen LogP contribution is -2.39. The molecule has 1 aliphatic carbocycles. The molecule has 0 bridgehead atoms. The zero-order valence-electron chi connectivity index (χ0n) is 7.00. The van der Waals surface area contributed by atoms with Crippen molar-refractivity contribution in [1.82, 2.24) is 4.98 Å². The average molecular weight is 175 g/mol. The Kier molecular flexibility index (Phi) is 1.51. The van der Waals surface area contributed by atoms with Crippen molar-refractivity contribution in [2.24, 2.45) is 5.73 Å². The second-order valence-electron chi connectivity index (χ2n) is 3.43. The molecule has 0 saturated heterocycles. The number of nitrogens with two attached hydrogens (primary N) is 1. The maximum Gasteiger partial charge on any atom is 0.251 e. The summed E-state index contributed by atoms with van der Waals surface area (Å²) in [5.41, 5.74) is 6.32. The predicted octanol–water partition coefficient (Wildman–Crippen LogP) is -0.305. The largest absolute Gasteiger partial charge is 0.329 e. The number of hydrogen-bond acceptors (Lipinski definition) is 3. The minimum atomic E-state index is -0.878. The van der Waals surface area contributed by atoms with Crippen LogP contribution in [0.2, 0.25) is 0 Å². The maximum absolute atomic E-state index is 11.3. The van der Waals surface area contributed by atoms with Crippen molar-refractivity contribution in [2.45, 2.75) is 18.4 Å². The Hall–Kier alpha value is -1.60. The van der Waals surface area contributed by atoms with Crippen LogP contribution in [-0.2, 0) is 12.8 Å². The molecule has 66 valence electrons. The molecular weight excluding hydrogens is 166 g/mol. The summed E-state index contributed by atoms with van der Waals surface area (Å²) in [6.45, 7) is 0. The first-order valence-electron chi connectivity index (χ1n) is 4.04. The molecule has 1 aromatic rings. The van der Waals surface area contributed by atoms with Crippen molar-refractivity contribution >= 4 is 0 Å². The van der Waals surface area contributed by atoms with Gasteiger partial charge in [-0.15, -0.1) is 0 Å². The van der Waals surface area contributed by atoms with E-state index in [1.54, 1.807) is 6.20 Å². The molecule has 1 aromatic heterocycles. The fourth-order valence-corrected chi connectivity index (χ4v) is 1.71. The van der Waals surface area contributed by atoms with E-state index in [0.717, 1.165) is 5.56 Å². The van der Waals surface area contributed by atoms with Gasteiger partial charge in [-0.25, -0.2) is 0 Å². The minimum absolute atomic E-state index is 0.125. The standard InChI is InChI=1S/C9H9N3O/c10-5-9(11)3-6-1-2-12-8(13)7(6)4-9/h1-2H,3-4,11H2,(H,12,13). The fourth-order valence-electron chi connectivity index (χ4n) is 1.71. The molecule has 1 atom stereocenters. The number of rotatable bonds is 0. The molecule has 1 unspecified atom stereocenters. The maximum atomic E-state index is 11.3. The quantitative estimate of drug-likeness (QED) is 0.567. The van der Waals surface area contributed by atoms with Crippen LogP contribution in [0.15, 0.2) is 17.1 Å². The van der Waals surface area contributed by atoms with Crippen LogP contribution in [-0.4, -0.2) is 10.5 Å². The lowest BCUT2D eigenvalue weighted by Gasteiger charge is -2.10. The number of nitrogens with zero attached hydrogens (tertiary/aromatic N) is 1. The molecule has 0 radical (unpaired) electrons. The van der Waals surface area contributed by atoms with Gasteiger partial charge in [-0.3, -0.25) is 4.79 Å². The van der Waals surface area contributed by atoms with Gasteiger partial charge in [0.15, 0.2) is 0 Å². The Balaban J connectivity index is 2.54. The Morgan fingerprint density at radius 3 is 3.00 bits per heavy atom. The van der Waals surface area contributed by atoms with Crippen LogP contribution in [0, 0.1) is 11.3 Å². The Bertz CT molecular complexity index is 443. The second-order valence-corrected chi connectivity index (χ2v) is 3.43. The van der Waals surface area contributed by atoms with E-state index in [0.29, 0.717) is 18.4 Å². The third kappa shape index (κ3) is 1.14. The molecule has 3 N–H and O–H groups in total. The van der Waals surface area contributed by atoms with Gasteiger partial charge < -0.3 is 10.7 Å². The topological polar surface area (TPSA) is 82.7 Å². The lowest BCUT2D eigenvalue weighted by molar-refractivity contribution is 0.577. The first-order chi connectivity index (χ1) is 6.14. The molecule has 1 aliphatic rings. The van der Waals surface area contributed by atoms with Crippen molar-refractivity contribution in [2.75, 3.05) is 0 Å². The van der Waals surface area contributed by atoms with E-state index >= 15 is 0 Å². The molecule has 13 heavy (non-hydrogen) atoms. The highest BCUT2D eigenvalue weighted by Gasteiger charge is 2.34. The number of hydrogen-bond donors (Lipinski definition) is 2. The van der Waals surface area contributed by atoms with Crippen molar-refractivity contribution in [3.8, 4) is 6.07 Å². The summed E-state index contributed by atoms with van der Waals surface area (Å²) in [6.07, 6.45) is 2.42. The zero-order valence-corrected chi connectivity index (χ0v) is 7.00. The molecule has 0 fully saturated rings. The van der Waals surface area contributed by atoms with Crippen LogP contribution in [0.3, 0.4) is 0 Å². The number of fused-ring (bicyclic) bond motifs is 1. The molecule has 0 aromatic carbocycles. The Morgan fingerprint density at radius 2 is 2.38 bits per heavy atom. The molecule has 0 amide bonds. The van der Waals surface area contributed by atoms with Crippen molar-refractivity contribution < 1.29 is 0 Å². The van der Waals surface area contributed by atoms with Crippen molar-refractivity contribution in [1.29, 1.82) is 5.26 Å².